The normalized spacial score (nSPS) is 10.9. The average molecular weight is 188 g/mol. The van der Waals surface area contributed by atoms with Crippen molar-refractivity contribution in [2.24, 2.45) is 9.98 Å². The Morgan fingerprint density at radius 1 is 1.07 bits per heavy atom. The van der Waals surface area contributed by atoms with Crippen LogP contribution in [0.5, 0.6) is 0 Å². The lowest BCUT2D eigenvalue weighted by atomic mass is 10.1. The molecular weight excluding hydrogens is 180 g/mol. The first-order chi connectivity index (χ1) is 6.77. The van der Waals surface area contributed by atoms with Crippen molar-refractivity contribution in [1.82, 2.24) is 0 Å². The zero-order valence-electron chi connectivity index (χ0n) is 7.60. The fraction of sp³-hybridized carbons (Fsp3) is 0.200. The molecule has 0 aliphatic rings. The summed E-state index contributed by atoms with van der Waals surface area (Å²) in [6, 6.07) is 7.20. The van der Waals surface area contributed by atoms with Gasteiger partial charge in [-0.15, -0.1) is 0 Å². The summed E-state index contributed by atoms with van der Waals surface area (Å²) in [5.41, 5.74) is 1.75. The Balaban J connectivity index is 3.04. The van der Waals surface area contributed by atoms with Crippen molar-refractivity contribution >= 4 is 12.2 Å². The highest BCUT2D eigenvalue weighted by atomic mass is 16.1. The SMILES string of the molecule is Cc1ccc(C(N=C=O)N=C=O)cc1. The molecule has 0 amide bonds. The molecule has 0 N–H and O–H groups in total. The molecular formula is C10H8N2O2. The van der Waals surface area contributed by atoms with Crippen LogP contribution in [0.2, 0.25) is 0 Å². The van der Waals surface area contributed by atoms with Gasteiger partial charge in [-0.25, -0.2) is 9.59 Å². The Labute approximate surface area is 81.0 Å². The summed E-state index contributed by atoms with van der Waals surface area (Å²) in [4.78, 5) is 26.9. The Morgan fingerprint density at radius 2 is 1.57 bits per heavy atom. The largest absolute Gasteiger partial charge is 0.237 e. The van der Waals surface area contributed by atoms with Crippen molar-refractivity contribution in [2.45, 2.75) is 13.1 Å². The fourth-order valence-corrected chi connectivity index (χ4v) is 1.02. The molecule has 0 bridgehead atoms. The third-order valence-corrected chi connectivity index (χ3v) is 1.73. The standard InChI is InChI=1S/C10H8N2O2/c1-8-2-4-9(5-3-8)10(11-6-13)12-7-14/h2-5,10H,1H3. The van der Waals surface area contributed by atoms with Crippen molar-refractivity contribution in [3.8, 4) is 0 Å². The molecule has 0 aliphatic heterocycles. The van der Waals surface area contributed by atoms with Crippen molar-refractivity contribution in [2.75, 3.05) is 0 Å². The number of nitrogens with zero attached hydrogens (tertiary/aromatic N) is 2. The molecule has 0 aliphatic carbocycles. The second kappa shape index (κ2) is 4.87. The monoisotopic (exact) mass is 188 g/mol. The van der Waals surface area contributed by atoms with Crippen LogP contribution in [0, 0.1) is 6.92 Å². The number of aliphatic imine (C=N–C) groups is 2. The summed E-state index contributed by atoms with van der Waals surface area (Å²) >= 11 is 0. The van der Waals surface area contributed by atoms with Crippen LogP contribution in [0.3, 0.4) is 0 Å². The molecule has 0 radical (unpaired) electrons. The van der Waals surface area contributed by atoms with E-state index in [9.17, 15) is 9.59 Å². The highest BCUT2D eigenvalue weighted by Crippen LogP contribution is 2.17. The predicted molar refractivity (Wildman–Crippen MR) is 50.2 cm³/mol. The van der Waals surface area contributed by atoms with Crippen LogP contribution in [-0.2, 0) is 9.59 Å². The number of isocyanates is 2. The van der Waals surface area contributed by atoms with Gasteiger partial charge in [0, 0.05) is 0 Å². The minimum atomic E-state index is -0.814. The van der Waals surface area contributed by atoms with Gasteiger partial charge in [0.25, 0.3) is 0 Å². The molecule has 1 aromatic carbocycles. The molecule has 4 nitrogen and oxygen atoms in total. The summed E-state index contributed by atoms with van der Waals surface area (Å²) in [6.45, 7) is 1.94. The summed E-state index contributed by atoms with van der Waals surface area (Å²) in [7, 11) is 0. The number of hydrogen-bond donors (Lipinski definition) is 0. The van der Waals surface area contributed by atoms with Gasteiger partial charge in [0.1, 0.15) is 0 Å². The predicted octanol–water partition coefficient (Wildman–Crippen LogP) is 1.67. The van der Waals surface area contributed by atoms with Crippen LogP contribution in [-0.4, -0.2) is 12.2 Å². The molecule has 1 aromatic rings. The lowest BCUT2D eigenvalue weighted by Crippen LogP contribution is -1.91. The highest BCUT2D eigenvalue weighted by Gasteiger charge is 2.06. The molecule has 0 fully saturated rings. The Hall–Kier alpha value is -2.02. The van der Waals surface area contributed by atoms with Gasteiger partial charge >= 0.3 is 0 Å². The van der Waals surface area contributed by atoms with E-state index in [0.717, 1.165) is 5.56 Å². The van der Waals surface area contributed by atoms with Crippen LogP contribution < -0.4 is 0 Å². The first-order valence-electron chi connectivity index (χ1n) is 3.98. The van der Waals surface area contributed by atoms with E-state index in [0.29, 0.717) is 5.56 Å². The highest BCUT2D eigenvalue weighted by molar-refractivity contribution is 5.39. The molecule has 1 rings (SSSR count). The third-order valence-electron chi connectivity index (χ3n) is 1.73. The lowest BCUT2D eigenvalue weighted by Gasteiger charge is -2.03. The van der Waals surface area contributed by atoms with E-state index >= 15 is 0 Å². The van der Waals surface area contributed by atoms with E-state index in [1.54, 1.807) is 12.1 Å². The minimum absolute atomic E-state index is 0.669. The van der Waals surface area contributed by atoms with E-state index in [1.807, 2.05) is 19.1 Å². The maximum absolute atomic E-state index is 10.0. The topological polar surface area (TPSA) is 58.9 Å². The van der Waals surface area contributed by atoms with Gasteiger partial charge in [-0.3, -0.25) is 0 Å². The van der Waals surface area contributed by atoms with Crippen molar-refractivity contribution in [1.29, 1.82) is 0 Å². The Bertz CT molecular complexity index is 381. The summed E-state index contributed by atoms with van der Waals surface area (Å²) in [5, 5.41) is 0. The van der Waals surface area contributed by atoms with Crippen molar-refractivity contribution in [3.05, 3.63) is 35.4 Å². The maximum atomic E-state index is 10.0. The quantitative estimate of drug-likeness (QED) is 0.535. The second-order valence-corrected chi connectivity index (χ2v) is 2.73. The molecule has 0 aromatic heterocycles. The van der Waals surface area contributed by atoms with Crippen LogP contribution in [0.15, 0.2) is 34.3 Å². The van der Waals surface area contributed by atoms with Gasteiger partial charge in [-0.2, -0.15) is 9.98 Å². The van der Waals surface area contributed by atoms with E-state index in [1.165, 1.54) is 12.2 Å². The average Bonchev–Trinajstić information content (AvgIpc) is 2.19. The number of rotatable bonds is 3. The van der Waals surface area contributed by atoms with E-state index in [-0.39, 0.29) is 0 Å². The van der Waals surface area contributed by atoms with Crippen molar-refractivity contribution in [3.63, 3.8) is 0 Å². The number of benzene rings is 1. The lowest BCUT2D eigenvalue weighted by molar-refractivity contribution is 0.552. The minimum Gasteiger partial charge on any atom is -0.211 e. The van der Waals surface area contributed by atoms with Crippen molar-refractivity contribution < 1.29 is 9.59 Å². The second-order valence-electron chi connectivity index (χ2n) is 2.73. The zero-order valence-corrected chi connectivity index (χ0v) is 7.60. The van der Waals surface area contributed by atoms with E-state index in [4.69, 9.17) is 0 Å². The van der Waals surface area contributed by atoms with Gasteiger partial charge in [0.05, 0.1) is 0 Å². The van der Waals surface area contributed by atoms with E-state index in [2.05, 4.69) is 9.98 Å². The summed E-state index contributed by atoms with van der Waals surface area (Å²) in [5.74, 6) is 0. The molecule has 70 valence electrons. The summed E-state index contributed by atoms with van der Waals surface area (Å²) in [6.07, 6.45) is 1.92. The van der Waals surface area contributed by atoms with Gasteiger partial charge < -0.3 is 0 Å². The number of hydrogen-bond acceptors (Lipinski definition) is 4. The van der Waals surface area contributed by atoms with Crippen LogP contribution >= 0.6 is 0 Å². The van der Waals surface area contributed by atoms with Crippen LogP contribution in [0.4, 0.5) is 0 Å². The van der Waals surface area contributed by atoms with Gasteiger partial charge in [0.15, 0.2) is 6.17 Å². The molecule has 0 saturated carbocycles. The molecule has 0 spiro atoms. The number of aryl methyl sites for hydroxylation is 1. The van der Waals surface area contributed by atoms with Crippen LogP contribution in [0.25, 0.3) is 0 Å². The number of carbonyl (C=O) groups excluding carboxylic acids is 2. The third kappa shape index (κ3) is 2.49. The van der Waals surface area contributed by atoms with Gasteiger partial charge in [0.2, 0.25) is 12.2 Å². The van der Waals surface area contributed by atoms with Crippen LogP contribution in [0.1, 0.15) is 17.3 Å². The molecule has 0 unspecified atom stereocenters. The summed E-state index contributed by atoms with van der Waals surface area (Å²) < 4.78 is 0. The Kier molecular flexibility index (Phi) is 3.50. The fourth-order valence-electron chi connectivity index (χ4n) is 1.02. The molecule has 0 saturated heterocycles. The first kappa shape index (κ1) is 10.1. The smallest absolute Gasteiger partial charge is 0.211 e. The molecule has 14 heavy (non-hydrogen) atoms. The zero-order chi connectivity index (χ0) is 10.4. The van der Waals surface area contributed by atoms with E-state index < -0.39 is 6.17 Å². The molecule has 4 heteroatoms. The Morgan fingerprint density at radius 3 is 2.00 bits per heavy atom. The maximum Gasteiger partial charge on any atom is 0.237 e. The van der Waals surface area contributed by atoms with Gasteiger partial charge in [-0.05, 0) is 12.5 Å². The van der Waals surface area contributed by atoms with Gasteiger partial charge in [-0.1, -0.05) is 29.8 Å². The first-order valence-corrected chi connectivity index (χ1v) is 3.98. The molecule has 0 atom stereocenters. The molecule has 0 heterocycles.